The van der Waals surface area contributed by atoms with Crippen molar-refractivity contribution in [1.82, 2.24) is 14.9 Å². The van der Waals surface area contributed by atoms with Gasteiger partial charge in [0.25, 0.3) is 0 Å². The molecule has 0 saturated carbocycles. The van der Waals surface area contributed by atoms with Gasteiger partial charge in [-0.05, 0) is 19.2 Å². The number of para-hydroxylation sites is 1. The predicted octanol–water partition coefficient (Wildman–Crippen LogP) is 3.57. The second-order valence-corrected chi connectivity index (χ2v) is 6.15. The van der Waals surface area contributed by atoms with Gasteiger partial charge in [-0.25, -0.2) is 4.98 Å². The molecule has 0 aliphatic rings. The van der Waals surface area contributed by atoms with E-state index in [0.29, 0.717) is 11.7 Å². The fourth-order valence-corrected chi connectivity index (χ4v) is 3.27. The summed E-state index contributed by atoms with van der Waals surface area (Å²) in [4.78, 5) is 21.9. The Bertz CT molecular complexity index is 804. The van der Waals surface area contributed by atoms with Gasteiger partial charge >= 0.3 is 0 Å². The van der Waals surface area contributed by atoms with Gasteiger partial charge in [-0.1, -0.05) is 32.0 Å². The number of carbonyl (C=O) groups excluding carboxylic acids is 1. The molecular formula is C17H20N4OS. The monoisotopic (exact) mass is 328 g/mol. The molecule has 0 aliphatic heterocycles. The highest BCUT2D eigenvalue weighted by atomic mass is 32.1. The Balaban J connectivity index is 1.74. The van der Waals surface area contributed by atoms with Crippen LogP contribution in [0.5, 0.6) is 0 Å². The number of aromatic nitrogens is 2. The van der Waals surface area contributed by atoms with E-state index in [4.69, 9.17) is 0 Å². The number of anilines is 1. The molecular weight excluding hydrogens is 308 g/mol. The van der Waals surface area contributed by atoms with Crippen molar-refractivity contribution in [3.05, 3.63) is 35.8 Å². The number of hydrogen-bond donors (Lipinski definition) is 2. The minimum Gasteiger partial charge on any atom is -0.360 e. The zero-order valence-corrected chi connectivity index (χ0v) is 14.1. The molecule has 23 heavy (non-hydrogen) atoms. The van der Waals surface area contributed by atoms with Crippen LogP contribution in [0.3, 0.4) is 0 Å². The van der Waals surface area contributed by atoms with Crippen LogP contribution < -0.4 is 5.32 Å². The molecule has 0 fully saturated rings. The lowest BCUT2D eigenvalue weighted by atomic mass is 10.1. The van der Waals surface area contributed by atoms with Crippen LogP contribution in [0.25, 0.3) is 22.2 Å². The van der Waals surface area contributed by atoms with Crippen molar-refractivity contribution in [3.63, 3.8) is 0 Å². The van der Waals surface area contributed by atoms with E-state index >= 15 is 0 Å². The summed E-state index contributed by atoms with van der Waals surface area (Å²) in [5, 5.41) is 6.64. The largest absolute Gasteiger partial charge is 0.360 e. The molecule has 2 heterocycles. The highest BCUT2D eigenvalue weighted by Crippen LogP contribution is 2.30. The zero-order chi connectivity index (χ0) is 16.2. The van der Waals surface area contributed by atoms with Crippen LogP contribution in [0, 0.1) is 0 Å². The number of likely N-dealkylation sites (N-methyl/N-ethyl adjacent to an activating group) is 1. The third kappa shape index (κ3) is 3.43. The van der Waals surface area contributed by atoms with Crippen LogP contribution in [0.1, 0.15) is 13.8 Å². The topological polar surface area (TPSA) is 61.0 Å². The van der Waals surface area contributed by atoms with Crippen LogP contribution in [0.4, 0.5) is 5.13 Å². The summed E-state index contributed by atoms with van der Waals surface area (Å²) in [6.07, 6.45) is 1.96. The molecule has 1 aromatic carbocycles. The van der Waals surface area contributed by atoms with E-state index in [0.717, 1.165) is 35.2 Å². The highest BCUT2D eigenvalue weighted by Gasteiger charge is 2.12. The molecule has 2 aromatic heterocycles. The number of aromatic amines is 1. The third-order valence-electron chi connectivity index (χ3n) is 3.88. The van der Waals surface area contributed by atoms with Gasteiger partial charge in [0.2, 0.25) is 5.91 Å². The number of fused-ring (bicyclic) bond motifs is 1. The fourth-order valence-electron chi connectivity index (χ4n) is 2.55. The minimum absolute atomic E-state index is 0.0199. The number of rotatable bonds is 6. The quantitative estimate of drug-likeness (QED) is 0.727. The Hall–Kier alpha value is -2.18. The smallest absolute Gasteiger partial charge is 0.240 e. The number of nitrogens with zero attached hydrogens (tertiary/aromatic N) is 2. The average Bonchev–Trinajstić information content (AvgIpc) is 3.18. The molecule has 0 spiro atoms. The first-order valence-corrected chi connectivity index (χ1v) is 8.63. The van der Waals surface area contributed by atoms with Crippen molar-refractivity contribution in [2.24, 2.45) is 0 Å². The first-order chi connectivity index (χ1) is 11.2. The number of thiazole rings is 1. The van der Waals surface area contributed by atoms with Gasteiger partial charge in [0.05, 0.1) is 12.2 Å². The average molecular weight is 328 g/mol. The second-order valence-electron chi connectivity index (χ2n) is 5.30. The van der Waals surface area contributed by atoms with Gasteiger partial charge in [-0.3, -0.25) is 9.69 Å². The standard InChI is InChI=1S/C17H20N4OS/c1-3-21(4-2)10-16(22)20-17-19-15(11-23-17)13-9-18-14-8-6-5-7-12(13)14/h5-9,11,18H,3-4,10H2,1-2H3,(H,19,20,22). The van der Waals surface area contributed by atoms with Crippen molar-refractivity contribution in [2.75, 3.05) is 25.0 Å². The van der Waals surface area contributed by atoms with Crippen LogP contribution in [0.2, 0.25) is 0 Å². The van der Waals surface area contributed by atoms with Crippen molar-refractivity contribution in [1.29, 1.82) is 0 Å². The van der Waals surface area contributed by atoms with Crippen LogP contribution in [-0.4, -0.2) is 40.4 Å². The van der Waals surface area contributed by atoms with Crippen molar-refractivity contribution in [3.8, 4) is 11.3 Å². The third-order valence-corrected chi connectivity index (χ3v) is 4.64. The number of nitrogens with one attached hydrogen (secondary N) is 2. The summed E-state index contributed by atoms with van der Waals surface area (Å²) in [5.41, 5.74) is 3.02. The Morgan fingerprint density at radius 2 is 2.09 bits per heavy atom. The number of hydrogen-bond acceptors (Lipinski definition) is 4. The molecule has 0 atom stereocenters. The van der Waals surface area contributed by atoms with Gasteiger partial charge in [0.15, 0.2) is 5.13 Å². The van der Waals surface area contributed by atoms with Crippen molar-refractivity contribution >= 4 is 33.3 Å². The fraction of sp³-hybridized carbons (Fsp3) is 0.294. The van der Waals surface area contributed by atoms with Gasteiger partial charge in [-0.15, -0.1) is 11.3 Å². The maximum atomic E-state index is 12.1. The van der Waals surface area contributed by atoms with Gasteiger partial charge in [-0.2, -0.15) is 0 Å². The second kappa shape index (κ2) is 6.93. The summed E-state index contributed by atoms with van der Waals surface area (Å²) in [5.74, 6) is -0.0199. The van der Waals surface area contributed by atoms with Crippen LogP contribution in [0.15, 0.2) is 35.8 Å². The zero-order valence-electron chi connectivity index (χ0n) is 13.3. The number of carbonyl (C=O) groups is 1. The van der Waals surface area contributed by atoms with E-state index in [1.807, 2.05) is 29.8 Å². The van der Waals surface area contributed by atoms with Crippen LogP contribution in [-0.2, 0) is 4.79 Å². The molecule has 5 nitrogen and oxygen atoms in total. The van der Waals surface area contributed by atoms with Gasteiger partial charge in [0.1, 0.15) is 0 Å². The van der Waals surface area contributed by atoms with Crippen molar-refractivity contribution < 1.29 is 4.79 Å². The predicted molar refractivity (Wildman–Crippen MR) is 95.8 cm³/mol. The van der Waals surface area contributed by atoms with Crippen molar-refractivity contribution in [2.45, 2.75) is 13.8 Å². The SMILES string of the molecule is CCN(CC)CC(=O)Nc1nc(-c2c[nH]c3ccccc23)cs1. The maximum absolute atomic E-state index is 12.1. The van der Waals surface area contributed by atoms with Gasteiger partial charge in [0, 0.05) is 28.0 Å². The van der Waals surface area contributed by atoms with E-state index in [9.17, 15) is 4.79 Å². The molecule has 0 saturated heterocycles. The number of benzene rings is 1. The number of H-pyrrole nitrogens is 1. The summed E-state index contributed by atoms with van der Waals surface area (Å²) >= 11 is 1.45. The summed E-state index contributed by atoms with van der Waals surface area (Å²) in [7, 11) is 0. The molecule has 3 aromatic rings. The van der Waals surface area contributed by atoms with E-state index in [1.54, 1.807) is 0 Å². The lowest BCUT2D eigenvalue weighted by molar-refractivity contribution is -0.117. The minimum atomic E-state index is -0.0199. The molecule has 0 aliphatic carbocycles. The van der Waals surface area contributed by atoms with E-state index < -0.39 is 0 Å². The lowest BCUT2D eigenvalue weighted by Crippen LogP contribution is -2.32. The number of amides is 1. The summed E-state index contributed by atoms with van der Waals surface area (Å²) in [6, 6.07) is 8.12. The van der Waals surface area contributed by atoms with E-state index in [-0.39, 0.29) is 5.91 Å². The van der Waals surface area contributed by atoms with Crippen LogP contribution >= 0.6 is 11.3 Å². The first kappa shape index (κ1) is 15.7. The molecule has 6 heteroatoms. The van der Waals surface area contributed by atoms with E-state index in [1.165, 1.54) is 11.3 Å². The lowest BCUT2D eigenvalue weighted by Gasteiger charge is -2.16. The Morgan fingerprint density at radius 1 is 1.30 bits per heavy atom. The molecule has 3 rings (SSSR count). The van der Waals surface area contributed by atoms with Gasteiger partial charge < -0.3 is 10.3 Å². The summed E-state index contributed by atoms with van der Waals surface area (Å²) in [6.45, 7) is 6.23. The molecule has 1 amide bonds. The normalized spacial score (nSPS) is 11.3. The molecule has 0 bridgehead atoms. The Labute approximate surface area is 139 Å². The maximum Gasteiger partial charge on any atom is 0.240 e. The summed E-state index contributed by atoms with van der Waals surface area (Å²) < 4.78 is 0. The molecule has 120 valence electrons. The Kier molecular flexibility index (Phi) is 4.73. The molecule has 0 radical (unpaired) electrons. The Morgan fingerprint density at radius 3 is 2.87 bits per heavy atom. The highest BCUT2D eigenvalue weighted by molar-refractivity contribution is 7.14. The van der Waals surface area contributed by atoms with E-state index in [2.05, 4.69) is 40.1 Å². The molecule has 2 N–H and O–H groups in total. The molecule has 0 unspecified atom stereocenters. The first-order valence-electron chi connectivity index (χ1n) is 7.75.